The molecule has 0 saturated heterocycles. The molecular weight excluding hydrogens is 402 g/mol. The number of carbonyl (C=O) groups is 2. The Morgan fingerprint density at radius 2 is 1.70 bits per heavy atom. The number of hydrogen-bond acceptors (Lipinski definition) is 5. The first-order chi connectivity index (χ1) is 14.1. The van der Waals surface area contributed by atoms with E-state index in [1.165, 1.54) is 25.1 Å². The monoisotopic (exact) mass is 427 g/mol. The molecule has 0 aliphatic rings. The summed E-state index contributed by atoms with van der Waals surface area (Å²) in [5, 5.41) is 0. The van der Waals surface area contributed by atoms with Crippen molar-refractivity contribution in [2.24, 2.45) is 0 Å². The molecule has 2 rings (SSSR count). The van der Waals surface area contributed by atoms with Gasteiger partial charge in [0.2, 0.25) is 10.0 Å². The van der Waals surface area contributed by atoms with Gasteiger partial charge in [0.15, 0.2) is 11.3 Å². The van der Waals surface area contributed by atoms with Crippen molar-refractivity contribution in [2.45, 2.75) is 31.2 Å². The van der Waals surface area contributed by atoms with E-state index in [4.69, 9.17) is 4.74 Å². The molecule has 30 heavy (non-hydrogen) atoms. The summed E-state index contributed by atoms with van der Waals surface area (Å²) in [5.41, 5.74) is -0.759. The minimum absolute atomic E-state index is 0.00277. The molecule has 7 heteroatoms. The Morgan fingerprint density at radius 1 is 1.10 bits per heavy atom. The average molecular weight is 428 g/mol. The SMILES string of the molecule is C=C(C(C)=O)[C@@](/C=C/c1ccccc1)(NS(=O)(=O)c1ccc(C)cc1)C(=O)OCC. The van der Waals surface area contributed by atoms with Crippen LogP contribution in [-0.4, -0.2) is 32.3 Å². The second kappa shape index (κ2) is 9.65. The van der Waals surface area contributed by atoms with E-state index in [9.17, 15) is 18.0 Å². The van der Waals surface area contributed by atoms with Crippen LogP contribution in [-0.2, 0) is 24.3 Å². The maximum absolute atomic E-state index is 13.1. The summed E-state index contributed by atoms with van der Waals surface area (Å²) in [6.07, 6.45) is 2.85. The van der Waals surface area contributed by atoms with Crippen molar-refractivity contribution in [3.05, 3.63) is 84.0 Å². The van der Waals surface area contributed by atoms with Crippen LogP contribution in [0.25, 0.3) is 6.08 Å². The number of aryl methyl sites for hydroxylation is 1. The Labute approximate surface area is 177 Å². The number of ether oxygens (including phenoxy) is 1. The van der Waals surface area contributed by atoms with Crippen LogP contribution in [0.2, 0.25) is 0 Å². The second-order valence-electron chi connectivity index (χ2n) is 6.73. The number of esters is 1. The Kier molecular flexibility index (Phi) is 7.48. The molecule has 1 N–H and O–H groups in total. The molecule has 0 unspecified atom stereocenters. The Bertz CT molecular complexity index is 1060. The molecule has 0 heterocycles. The van der Waals surface area contributed by atoms with Gasteiger partial charge in [-0.1, -0.05) is 60.7 Å². The smallest absolute Gasteiger partial charge is 0.336 e. The van der Waals surface area contributed by atoms with E-state index in [1.807, 2.05) is 13.0 Å². The Balaban J connectivity index is 2.64. The predicted octanol–water partition coefficient (Wildman–Crippen LogP) is 3.43. The van der Waals surface area contributed by atoms with Gasteiger partial charge >= 0.3 is 5.97 Å². The number of rotatable bonds is 9. The van der Waals surface area contributed by atoms with Crippen molar-refractivity contribution in [3.63, 3.8) is 0 Å². The fraction of sp³-hybridized carbons (Fsp3) is 0.217. The summed E-state index contributed by atoms with van der Waals surface area (Å²) in [5.74, 6) is -1.49. The van der Waals surface area contributed by atoms with Crippen LogP contribution in [0.15, 0.2) is 77.7 Å². The van der Waals surface area contributed by atoms with E-state index in [2.05, 4.69) is 11.3 Å². The maximum atomic E-state index is 13.1. The average Bonchev–Trinajstić information content (AvgIpc) is 2.71. The molecule has 0 aliphatic carbocycles. The van der Waals surface area contributed by atoms with Crippen LogP contribution in [0.1, 0.15) is 25.0 Å². The van der Waals surface area contributed by atoms with Crippen molar-refractivity contribution >= 4 is 27.9 Å². The van der Waals surface area contributed by atoms with E-state index < -0.39 is 27.3 Å². The van der Waals surface area contributed by atoms with Crippen LogP contribution in [0.4, 0.5) is 0 Å². The highest BCUT2D eigenvalue weighted by Gasteiger charge is 2.46. The van der Waals surface area contributed by atoms with Crippen molar-refractivity contribution < 1.29 is 22.7 Å². The quantitative estimate of drug-likeness (QED) is 0.489. The molecule has 2 aromatic rings. The van der Waals surface area contributed by atoms with Gasteiger partial charge < -0.3 is 4.74 Å². The normalized spacial score (nSPS) is 13.6. The maximum Gasteiger partial charge on any atom is 0.336 e. The second-order valence-corrected chi connectivity index (χ2v) is 8.41. The van der Waals surface area contributed by atoms with Gasteiger partial charge in [-0.3, -0.25) is 4.79 Å². The number of Topliss-reactive ketones (excluding diaryl/α,β-unsaturated/α-hetero) is 1. The first-order valence-corrected chi connectivity index (χ1v) is 10.8. The van der Waals surface area contributed by atoms with Crippen LogP contribution in [0.5, 0.6) is 0 Å². The van der Waals surface area contributed by atoms with E-state index >= 15 is 0 Å². The number of carbonyl (C=O) groups excluding carboxylic acids is 2. The van der Waals surface area contributed by atoms with Crippen LogP contribution < -0.4 is 4.72 Å². The largest absolute Gasteiger partial charge is 0.464 e. The standard InChI is InChI=1S/C23H25NO5S/c1-5-29-22(26)23(18(3)19(4)25,16-15-20-9-7-6-8-10-20)24-30(27,28)21-13-11-17(2)12-14-21/h6-16,24H,3,5H2,1-2,4H3/b16-15+/t23-/m1/s1. The number of sulfonamides is 1. The van der Waals surface area contributed by atoms with Crippen molar-refractivity contribution in [1.29, 1.82) is 0 Å². The lowest BCUT2D eigenvalue weighted by atomic mass is 9.88. The molecule has 2 aromatic carbocycles. The number of ketones is 1. The molecule has 0 saturated carbocycles. The zero-order valence-electron chi connectivity index (χ0n) is 17.2. The minimum Gasteiger partial charge on any atom is -0.464 e. The van der Waals surface area contributed by atoms with E-state index in [0.717, 1.165) is 5.56 Å². The minimum atomic E-state index is -4.20. The highest BCUT2D eigenvalue weighted by atomic mass is 32.2. The molecule has 0 spiro atoms. The summed E-state index contributed by atoms with van der Waals surface area (Å²) in [4.78, 5) is 25.1. The first kappa shape index (κ1) is 23.3. The molecule has 0 amide bonds. The van der Waals surface area contributed by atoms with Crippen LogP contribution in [0, 0.1) is 6.92 Å². The zero-order valence-corrected chi connectivity index (χ0v) is 18.0. The molecule has 0 aromatic heterocycles. The van der Waals surface area contributed by atoms with Gasteiger partial charge in [-0.25, -0.2) is 13.2 Å². The topological polar surface area (TPSA) is 89.5 Å². The Hall–Kier alpha value is -3.03. The van der Waals surface area contributed by atoms with Gasteiger partial charge in [-0.05, 0) is 44.5 Å². The highest BCUT2D eigenvalue weighted by Crippen LogP contribution is 2.26. The fourth-order valence-electron chi connectivity index (χ4n) is 2.73. The van der Waals surface area contributed by atoms with E-state index in [0.29, 0.717) is 5.56 Å². The van der Waals surface area contributed by atoms with E-state index in [-0.39, 0.29) is 17.1 Å². The molecule has 0 aliphatic heterocycles. The molecule has 0 fully saturated rings. The third kappa shape index (κ3) is 5.31. The highest BCUT2D eigenvalue weighted by molar-refractivity contribution is 7.89. The first-order valence-electron chi connectivity index (χ1n) is 9.35. The van der Waals surface area contributed by atoms with Crippen molar-refractivity contribution in [3.8, 4) is 0 Å². The van der Waals surface area contributed by atoms with Crippen LogP contribution >= 0.6 is 0 Å². The molecule has 0 bridgehead atoms. The van der Waals surface area contributed by atoms with Gasteiger partial charge in [0.1, 0.15) is 0 Å². The van der Waals surface area contributed by atoms with Gasteiger partial charge in [-0.15, -0.1) is 0 Å². The van der Waals surface area contributed by atoms with E-state index in [1.54, 1.807) is 49.4 Å². The lowest BCUT2D eigenvalue weighted by Gasteiger charge is -2.30. The lowest BCUT2D eigenvalue weighted by molar-refractivity contribution is -0.147. The fourth-order valence-corrected chi connectivity index (χ4v) is 4.04. The van der Waals surface area contributed by atoms with Crippen molar-refractivity contribution in [1.82, 2.24) is 4.72 Å². The van der Waals surface area contributed by atoms with Crippen LogP contribution in [0.3, 0.4) is 0 Å². The number of hydrogen-bond donors (Lipinski definition) is 1. The lowest BCUT2D eigenvalue weighted by Crippen LogP contribution is -2.56. The summed E-state index contributed by atoms with van der Waals surface area (Å²) < 4.78 is 33.7. The summed E-state index contributed by atoms with van der Waals surface area (Å²) in [6, 6.07) is 15.1. The third-order valence-electron chi connectivity index (χ3n) is 4.45. The van der Waals surface area contributed by atoms with Crippen molar-refractivity contribution in [2.75, 3.05) is 6.61 Å². The summed E-state index contributed by atoms with van der Waals surface area (Å²) >= 11 is 0. The molecule has 158 valence electrons. The van der Waals surface area contributed by atoms with Gasteiger partial charge in [0, 0.05) is 5.57 Å². The van der Waals surface area contributed by atoms with Gasteiger partial charge in [0.05, 0.1) is 11.5 Å². The molecule has 0 radical (unpaired) electrons. The predicted molar refractivity (Wildman–Crippen MR) is 116 cm³/mol. The van der Waals surface area contributed by atoms with Gasteiger partial charge in [-0.2, -0.15) is 4.72 Å². The summed E-state index contributed by atoms with van der Waals surface area (Å²) in [7, 11) is -4.20. The number of benzene rings is 2. The molecule has 1 atom stereocenters. The summed E-state index contributed by atoms with van der Waals surface area (Å²) in [6.45, 7) is 8.34. The molecule has 6 nitrogen and oxygen atoms in total. The molecular formula is C23H25NO5S. The third-order valence-corrected chi connectivity index (χ3v) is 5.93. The Morgan fingerprint density at radius 3 is 2.23 bits per heavy atom. The zero-order chi connectivity index (χ0) is 22.4. The van der Waals surface area contributed by atoms with Gasteiger partial charge in [0.25, 0.3) is 0 Å². The number of nitrogens with one attached hydrogen (secondary N) is 1.